The summed E-state index contributed by atoms with van der Waals surface area (Å²) in [7, 11) is 0. The Kier molecular flexibility index (Phi) is 4.24. The van der Waals surface area contributed by atoms with Crippen LogP contribution in [0.15, 0.2) is 45.4 Å². The van der Waals surface area contributed by atoms with Gasteiger partial charge in [0.05, 0.1) is 4.47 Å². The molecule has 0 aliphatic carbocycles. The summed E-state index contributed by atoms with van der Waals surface area (Å²) in [6.45, 7) is 6.04. The molecule has 104 valence electrons. The molecule has 1 N–H and O–H groups in total. The van der Waals surface area contributed by atoms with Crippen LogP contribution < -0.4 is 4.74 Å². The molecule has 5 nitrogen and oxygen atoms in total. The van der Waals surface area contributed by atoms with Crippen LogP contribution in [0.4, 0.5) is 0 Å². The first-order chi connectivity index (χ1) is 9.49. The monoisotopic (exact) mass is 337 g/mol. The fraction of sp³-hybridized carbons (Fsp3) is 0.143. The Morgan fingerprint density at radius 1 is 1.55 bits per heavy atom. The minimum atomic E-state index is -1.16. The molecule has 0 spiro atoms. The second-order valence-corrected chi connectivity index (χ2v) is 5.04. The zero-order chi connectivity index (χ0) is 14.7. The number of carbonyl (C=O) groups is 1. The van der Waals surface area contributed by atoms with Gasteiger partial charge in [-0.3, -0.25) is 0 Å². The first-order valence-corrected chi connectivity index (χ1v) is 6.54. The zero-order valence-corrected chi connectivity index (χ0v) is 12.3. The van der Waals surface area contributed by atoms with E-state index in [1.807, 2.05) is 6.92 Å². The highest BCUT2D eigenvalue weighted by Crippen LogP contribution is 2.35. The molecule has 2 aromatic rings. The normalized spacial score (nSPS) is 10.3. The first-order valence-electron chi connectivity index (χ1n) is 5.75. The number of hydrogen-bond acceptors (Lipinski definition) is 4. The molecule has 0 saturated heterocycles. The van der Waals surface area contributed by atoms with Gasteiger partial charge >= 0.3 is 5.97 Å². The van der Waals surface area contributed by atoms with Gasteiger partial charge in [0.25, 0.3) is 0 Å². The molecule has 0 fully saturated rings. The van der Waals surface area contributed by atoms with Gasteiger partial charge in [0, 0.05) is 11.6 Å². The highest BCUT2D eigenvalue weighted by molar-refractivity contribution is 9.10. The fourth-order valence-corrected chi connectivity index (χ4v) is 2.11. The molecule has 1 aromatic carbocycles. The summed E-state index contributed by atoms with van der Waals surface area (Å²) in [6.07, 6.45) is 0. The molecule has 0 saturated carbocycles. The Morgan fingerprint density at radius 2 is 2.30 bits per heavy atom. The van der Waals surface area contributed by atoms with Crippen molar-refractivity contribution in [3.63, 3.8) is 0 Å². The van der Waals surface area contributed by atoms with Crippen LogP contribution in [0.3, 0.4) is 0 Å². The molecule has 1 aromatic heterocycles. The smallest absolute Gasteiger partial charge is 0.374 e. The Bertz CT molecular complexity index is 663. The van der Waals surface area contributed by atoms with E-state index in [-0.39, 0.29) is 5.76 Å². The van der Waals surface area contributed by atoms with Gasteiger partial charge in [-0.25, -0.2) is 4.79 Å². The van der Waals surface area contributed by atoms with Crippen LogP contribution in [-0.2, 0) is 0 Å². The summed E-state index contributed by atoms with van der Waals surface area (Å²) < 4.78 is 11.0. The number of aromatic carboxylic acids is 1. The third-order valence-electron chi connectivity index (χ3n) is 2.43. The summed E-state index contributed by atoms with van der Waals surface area (Å²) in [5, 5.41) is 12.6. The van der Waals surface area contributed by atoms with E-state index in [1.54, 1.807) is 18.2 Å². The van der Waals surface area contributed by atoms with Crippen LogP contribution >= 0.6 is 15.9 Å². The summed E-state index contributed by atoms with van der Waals surface area (Å²) in [4.78, 5) is 10.8. The predicted molar refractivity (Wildman–Crippen MR) is 76.9 cm³/mol. The van der Waals surface area contributed by atoms with E-state index in [4.69, 9.17) is 14.4 Å². The average molecular weight is 338 g/mol. The molecule has 0 radical (unpaired) electrons. The molecule has 20 heavy (non-hydrogen) atoms. The summed E-state index contributed by atoms with van der Waals surface area (Å²) in [6, 6.07) is 6.75. The maximum Gasteiger partial charge on any atom is 0.374 e. The molecule has 0 unspecified atom stereocenters. The predicted octanol–water partition coefficient (Wildman–Crippen LogP) is 3.76. The standard InChI is InChI=1S/C14H12BrNO4/c1-8(2)7-19-11-5-3-4-9(13(11)15)10-6-12(14(17)18)20-16-10/h3-6H,1,7H2,2H3,(H,17,18). The summed E-state index contributed by atoms with van der Waals surface area (Å²) in [5.41, 5.74) is 2.02. The molecular weight excluding hydrogens is 326 g/mol. The first kappa shape index (κ1) is 14.3. The molecule has 0 aliphatic heterocycles. The van der Waals surface area contributed by atoms with Crippen LogP contribution in [-0.4, -0.2) is 22.8 Å². The van der Waals surface area contributed by atoms with Crippen molar-refractivity contribution >= 4 is 21.9 Å². The maximum absolute atomic E-state index is 10.8. The molecular formula is C14H12BrNO4. The van der Waals surface area contributed by atoms with Crippen molar-refractivity contribution < 1.29 is 19.2 Å². The summed E-state index contributed by atoms with van der Waals surface area (Å²) >= 11 is 3.43. The zero-order valence-electron chi connectivity index (χ0n) is 10.7. The summed E-state index contributed by atoms with van der Waals surface area (Å²) in [5.74, 6) is -0.736. The third kappa shape index (κ3) is 3.08. The Morgan fingerprint density at radius 3 is 2.90 bits per heavy atom. The highest BCUT2D eigenvalue weighted by atomic mass is 79.9. The number of halogens is 1. The SMILES string of the molecule is C=C(C)COc1cccc(-c2cc(C(=O)O)on2)c1Br. The largest absolute Gasteiger partial charge is 0.488 e. The van der Waals surface area contributed by atoms with Gasteiger partial charge in [-0.05, 0) is 34.5 Å². The number of carboxylic acid groups (broad SMARTS) is 1. The van der Waals surface area contributed by atoms with Gasteiger partial charge in [0.1, 0.15) is 18.1 Å². The number of rotatable bonds is 5. The average Bonchev–Trinajstić information content (AvgIpc) is 2.87. The number of carboxylic acids is 1. The second kappa shape index (κ2) is 5.92. The van der Waals surface area contributed by atoms with Gasteiger partial charge in [-0.2, -0.15) is 0 Å². The lowest BCUT2D eigenvalue weighted by Gasteiger charge is -2.10. The number of benzene rings is 1. The molecule has 0 atom stereocenters. The van der Waals surface area contributed by atoms with Crippen molar-refractivity contribution in [2.24, 2.45) is 0 Å². The van der Waals surface area contributed by atoms with Crippen LogP contribution in [0.2, 0.25) is 0 Å². The number of hydrogen-bond donors (Lipinski definition) is 1. The molecule has 0 bridgehead atoms. The van der Waals surface area contributed by atoms with E-state index >= 15 is 0 Å². The van der Waals surface area contributed by atoms with E-state index in [1.165, 1.54) is 6.07 Å². The van der Waals surface area contributed by atoms with Gasteiger partial charge in [-0.1, -0.05) is 23.9 Å². The number of aromatic nitrogens is 1. The van der Waals surface area contributed by atoms with Crippen LogP contribution in [0, 0.1) is 0 Å². The van der Waals surface area contributed by atoms with Crippen molar-refractivity contribution in [1.29, 1.82) is 0 Å². The molecule has 6 heteroatoms. The van der Waals surface area contributed by atoms with Gasteiger partial charge in [0.2, 0.25) is 5.76 Å². The lowest BCUT2D eigenvalue weighted by Crippen LogP contribution is -1.98. The second-order valence-electron chi connectivity index (χ2n) is 4.25. The molecule has 2 rings (SSSR count). The van der Waals surface area contributed by atoms with E-state index in [2.05, 4.69) is 27.7 Å². The van der Waals surface area contributed by atoms with Crippen LogP contribution in [0.1, 0.15) is 17.5 Å². The maximum atomic E-state index is 10.8. The van der Waals surface area contributed by atoms with Gasteiger partial charge in [0.15, 0.2) is 0 Å². The minimum absolute atomic E-state index is 0.208. The lowest BCUT2D eigenvalue weighted by molar-refractivity contribution is 0.0652. The van der Waals surface area contributed by atoms with Crippen molar-refractivity contribution in [1.82, 2.24) is 5.16 Å². The van der Waals surface area contributed by atoms with E-state index < -0.39 is 5.97 Å². The van der Waals surface area contributed by atoms with Gasteiger partial charge in [-0.15, -0.1) is 0 Å². The fourth-order valence-electron chi connectivity index (χ4n) is 1.52. The van der Waals surface area contributed by atoms with Crippen molar-refractivity contribution in [3.05, 3.63) is 46.7 Å². The third-order valence-corrected chi connectivity index (χ3v) is 3.25. The lowest BCUT2D eigenvalue weighted by atomic mass is 10.1. The van der Waals surface area contributed by atoms with Gasteiger partial charge < -0.3 is 14.4 Å². The quantitative estimate of drug-likeness (QED) is 0.841. The van der Waals surface area contributed by atoms with Crippen LogP contribution in [0.25, 0.3) is 11.3 Å². The molecule has 1 heterocycles. The van der Waals surface area contributed by atoms with Crippen molar-refractivity contribution in [2.75, 3.05) is 6.61 Å². The minimum Gasteiger partial charge on any atom is -0.488 e. The van der Waals surface area contributed by atoms with Crippen molar-refractivity contribution in [3.8, 4) is 17.0 Å². The highest BCUT2D eigenvalue weighted by Gasteiger charge is 2.16. The molecule has 0 amide bonds. The van der Waals surface area contributed by atoms with Crippen molar-refractivity contribution in [2.45, 2.75) is 6.92 Å². The van der Waals surface area contributed by atoms with E-state index in [0.717, 1.165) is 5.57 Å². The molecule has 0 aliphatic rings. The topological polar surface area (TPSA) is 72.6 Å². The Hall–Kier alpha value is -2.08. The number of nitrogens with zero attached hydrogens (tertiary/aromatic N) is 1. The Balaban J connectivity index is 2.34. The van der Waals surface area contributed by atoms with Crippen LogP contribution in [0.5, 0.6) is 5.75 Å². The Labute approximate surface area is 124 Å². The van der Waals surface area contributed by atoms with E-state index in [0.29, 0.717) is 28.1 Å². The number of ether oxygens (including phenoxy) is 1. The van der Waals surface area contributed by atoms with E-state index in [9.17, 15) is 4.79 Å².